The molecule has 0 saturated carbocycles. The zero-order chi connectivity index (χ0) is 9.54. The molecule has 0 amide bonds. The number of benzene rings is 1. The molecule has 14 heavy (non-hydrogen) atoms. The summed E-state index contributed by atoms with van der Waals surface area (Å²) in [7, 11) is 0. The van der Waals surface area contributed by atoms with E-state index < -0.39 is 0 Å². The zero-order valence-corrected chi connectivity index (χ0v) is 8.25. The molecule has 72 valence electrons. The Morgan fingerprint density at radius 2 is 1.86 bits per heavy atom. The molecule has 3 rings (SSSR count). The van der Waals surface area contributed by atoms with Gasteiger partial charge in [0.2, 0.25) is 0 Å². The van der Waals surface area contributed by atoms with Crippen molar-refractivity contribution in [2.45, 2.75) is 38.0 Å². The van der Waals surface area contributed by atoms with Crippen LogP contribution in [0.2, 0.25) is 0 Å². The SMILES string of the molecule is O=CC1CCc2cc3c(cc21)CCC3. The van der Waals surface area contributed by atoms with Crippen molar-refractivity contribution in [2.75, 3.05) is 0 Å². The second-order valence-corrected chi connectivity index (χ2v) is 4.45. The van der Waals surface area contributed by atoms with Crippen molar-refractivity contribution in [1.29, 1.82) is 0 Å². The van der Waals surface area contributed by atoms with Gasteiger partial charge in [-0.1, -0.05) is 12.1 Å². The molecule has 0 N–H and O–H groups in total. The third kappa shape index (κ3) is 1.05. The second kappa shape index (κ2) is 2.94. The van der Waals surface area contributed by atoms with E-state index in [1.54, 1.807) is 0 Å². The highest BCUT2D eigenvalue weighted by Crippen LogP contribution is 2.36. The highest BCUT2D eigenvalue weighted by Gasteiger charge is 2.24. The van der Waals surface area contributed by atoms with E-state index in [0.29, 0.717) is 0 Å². The molecule has 0 bridgehead atoms. The molecule has 1 atom stereocenters. The Hall–Kier alpha value is -1.11. The van der Waals surface area contributed by atoms with E-state index in [-0.39, 0.29) is 5.92 Å². The summed E-state index contributed by atoms with van der Waals surface area (Å²) in [5.74, 6) is 0.191. The highest BCUT2D eigenvalue weighted by atomic mass is 16.1. The van der Waals surface area contributed by atoms with E-state index >= 15 is 0 Å². The van der Waals surface area contributed by atoms with Gasteiger partial charge in [0.25, 0.3) is 0 Å². The quantitative estimate of drug-likeness (QED) is 0.615. The minimum absolute atomic E-state index is 0.191. The van der Waals surface area contributed by atoms with Gasteiger partial charge in [-0.3, -0.25) is 0 Å². The molecule has 0 spiro atoms. The molecule has 1 aromatic rings. The number of hydrogen-bond donors (Lipinski definition) is 0. The Kier molecular flexibility index (Phi) is 1.73. The molecule has 1 unspecified atom stereocenters. The van der Waals surface area contributed by atoms with E-state index in [2.05, 4.69) is 12.1 Å². The van der Waals surface area contributed by atoms with Crippen LogP contribution in [-0.4, -0.2) is 6.29 Å². The fourth-order valence-electron chi connectivity index (χ4n) is 2.86. The van der Waals surface area contributed by atoms with Crippen molar-refractivity contribution >= 4 is 6.29 Å². The Morgan fingerprint density at radius 3 is 2.64 bits per heavy atom. The van der Waals surface area contributed by atoms with Gasteiger partial charge >= 0.3 is 0 Å². The maximum absolute atomic E-state index is 10.9. The van der Waals surface area contributed by atoms with Crippen LogP contribution in [0.5, 0.6) is 0 Å². The van der Waals surface area contributed by atoms with E-state index in [1.807, 2.05) is 0 Å². The number of carbonyl (C=O) groups excluding carboxylic acids is 1. The summed E-state index contributed by atoms with van der Waals surface area (Å²) in [6.07, 6.45) is 7.01. The van der Waals surface area contributed by atoms with Gasteiger partial charge in [-0.15, -0.1) is 0 Å². The van der Waals surface area contributed by atoms with Crippen LogP contribution >= 0.6 is 0 Å². The monoisotopic (exact) mass is 186 g/mol. The van der Waals surface area contributed by atoms with Crippen molar-refractivity contribution in [2.24, 2.45) is 0 Å². The summed E-state index contributed by atoms with van der Waals surface area (Å²) in [5, 5.41) is 0. The van der Waals surface area contributed by atoms with Gasteiger partial charge in [0.1, 0.15) is 6.29 Å². The number of carbonyl (C=O) groups is 1. The van der Waals surface area contributed by atoms with Gasteiger partial charge in [-0.05, 0) is 54.4 Å². The fourth-order valence-corrected chi connectivity index (χ4v) is 2.86. The van der Waals surface area contributed by atoms with E-state index in [4.69, 9.17) is 0 Å². The lowest BCUT2D eigenvalue weighted by Crippen LogP contribution is -1.95. The summed E-state index contributed by atoms with van der Waals surface area (Å²) in [6, 6.07) is 4.64. The first-order chi connectivity index (χ1) is 6.88. The summed E-state index contributed by atoms with van der Waals surface area (Å²) in [4.78, 5) is 10.9. The van der Waals surface area contributed by atoms with E-state index in [1.165, 1.54) is 41.5 Å². The van der Waals surface area contributed by atoms with Gasteiger partial charge in [0.05, 0.1) is 0 Å². The lowest BCUT2D eigenvalue weighted by molar-refractivity contribution is -0.109. The third-order valence-electron chi connectivity index (χ3n) is 3.64. The zero-order valence-electron chi connectivity index (χ0n) is 8.25. The first-order valence-electron chi connectivity index (χ1n) is 5.48. The first kappa shape index (κ1) is 8.22. The van der Waals surface area contributed by atoms with Crippen molar-refractivity contribution in [3.05, 3.63) is 34.4 Å². The standard InChI is InChI=1S/C13H14O/c14-8-12-5-4-11-6-9-2-1-3-10(9)7-13(11)12/h6-8,12H,1-5H2. The molecule has 0 heterocycles. The fraction of sp³-hybridized carbons (Fsp3) is 0.462. The maximum Gasteiger partial charge on any atom is 0.127 e. The molecular weight excluding hydrogens is 172 g/mol. The van der Waals surface area contributed by atoms with Crippen molar-refractivity contribution in [3.63, 3.8) is 0 Å². The highest BCUT2D eigenvalue weighted by molar-refractivity contribution is 5.66. The molecule has 1 aromatic carbocycles. The summed E-state index contributed by atoms with van der Waals surface area (Å²) >= 11 is 0. The van der Waals surface area contributed by atoms with E-state index in [9.17, 15) is 4.79 Å². The smallest absolute Gasteiger partial charge is 0.127 e. The van der Waals surface area contributed by atoms with Crippen LogP contribution in [0.3, 0.4) is 0 Å². The van der Waals surface area contributed by atoms with Crippen molar-refractivity contribution in [3.8, 4) is 0 Å². The van der Waals surface area contributed by atoms with Crippen LogP contribution in [0.4, 0.5) is 0 Å². The predicted molar refractivity (Wildman–Crippen MR) is 55.6 cm³/mol. The number of fused-ring (bicyclic) bond motifs is 2. The average Bonchev–Trinajstić information content (AvgIpc) is 2.78. The molecule has 2 aliphatic carbocycles. The van der Waals surface area contributed by atoms with Gasteiger partial charge in [0.15, 0.2) is 0 Å². The van der Waals surface area contributed by atoms with Gasteiger partial charge < -0.3 is 4.79 Å². The number of rotatable bonds is 1. The Balaban J connectivity index is 2.13. The molecule has 0 saturated heterocycles. The normalized spacial score (nSPS) is 23.3. The van der Waals surface area contributed by atoms with Crippen molar-refractivity contribution < 1.29 is 4.79 Å². The van der Waals surface area contributed by atoms with Gasteiger partial charge in [-0.25, -0.2) is 0 Å². The van der Waals surface area contributed by atoms with Gasteiger partial charge in [0, 0.05) is 5.92 Å². The molecule has 1 nitrogen and oxygen atoms in total. The molecule has 0 radical (unpaired) electrons. The minimum Gasteiger partial charge on any atom is -0.303 e. The van der Waals surface area contributed by atoms with Crippen LogP contribution in [-0.2, 0) is 24.1 Å². The summed E-state index contributed by atoms with van der Waals surface area (Å²) in [5.41, 5.74) is 5.79. The molecular formula is C13H14O. The number of hydrogen-bond acceptors (Lipinski definition) is 1. The van der Waals surface area contributed by atoms with Crippen LogP contribution < -0.4 is 0 Å². The van der Waals surface area contributed by atoms with E-state index in [0.717, 1.165) is 19.1 Å². The molecule has 1 heteroatoms. The summed E-state index contributed by atoms with van der Waals surface area (Å²) in [6.45, 7) is 0. The largest absolute Gasteiger partial charge is 0.303 e. The van der Waals surface area contributed by atoms with Crippen LogP contribution in [0, 0.1) is 0 Å². The number of aryl methyl sites for hydroxylation is 3. The molecule has 0 aromatic heterocycles. The Morgan fingerprint density at radius 1 is 1.07 bits per heavy atom. The number of aldehydes is 1. The first-order valence-corrected chi connectivity index (χ1v) is 5.48. The van der Waals surface area contributed by atoms with Crippen LogP contribution in [0.25, 0.3) is 0 Å². The molecule has 2 aliphatic rings. The third-order valence-corrected chi connectivity index (χ3v) is 3.64. The lowest BCUT2D eigenvalue weighted by atomic mass is 9.98. The van der Waals surface area contributed by atoms with Gasteiger partial charge in [-0.2, -0.15) is 0 Å². The molecule has 0 fully saturated rings. The Bertz CT molecular complexity index is 392. The maximum atomic E-state index is 10.9. The predicted octanol–water partition coefficient (Wildman–Crippen LogP) is 2.40. The topological polar surface area (TPSA) is 17.1 Å². The van der Waals surface area contributed by atoms with Crippen LogP contribution in [0.15, 0.2) is 12.1 Å². The lowest BCUT2D eigenvalue weighted by Gasteiger charge is -2.06. The summed E-state index contributed by atoms with van der Waals surface area (Å²) < 4.78 is 0. The minimum atomic E-state index is 0.191. The van der Waals surface area contributed by atoms with Crippen molar-refractivity contribution in [1.82, 2.24) is 0 Å². The van der Waals surface area contributed by atoms with Crippen LogP contribution in [0.1, 0.15) is 41.0 Å². The Labute approximate surface area is 84.1 Å². The molecule has 0 aliphatic heterocycles. The average molecular weight is 186 g/mol. The second-order valence-electron chi connectivity index (χ2n) is 4.45.